The van der Waals surface area contributed by atoms with Crippen LogP contribution in [0.3, 0.4) is 0 Å². The smallest absolute Gasteiger partial charge is 0.319 e. The second kappa shape index (κ2) is 12.5. The van der Waals surface area contributed by atoms with E-state index >= 15 is 0 Å². The van der Waals surface area contributed by atoms with Gasteiger partial charge in [0.25, 0.3) is 23.2 Å². The van der Waals surface area contributed by atoms with Crippen molar-refractivity contribution in [3.63, 3.8) is 0 Å². The van der Waals surface area contributed by atoms with Crippen molar-refractivity contribution in [2.24, 2.45) is 0 Å². The summed E-state index contributed by atoms with van der Waals surface area (Å²) in [6.07, 6.45) is -12.5. The predicted molar refractivity (Wildman–Crippen MR) is 148 cm³/mol. The molecule has 0 fully saturated rings. The molecule has 0 aliphatic rings. The number of halogens is 8. The predicted octanol–water partition coefficient (Wildman–Crippen LogP) is 7.70. The third-order valence-electron chi connectivity index (χ3n) is 6.78. The number of amides is 2. The molecule has 244 valence electrons. The summed E-state index contributed by atoms with van der Waals surface area (Å²) < 4.78 is 118. The number of non-ortho nitro benzene ring substituents is 2. The van der Waals surface area contributed by atoms with Gasteiger partial charge in [0.05, 0.1) is 21.2 Å². The van der Waals surface area contributed by atoms with Crippen LogP contribution in [0.2, 0.25) is 0 Å². The number of nitrogens with zero attached hydrogens (tertiary/aromatic N) is 2. The van der Waals surface area contributed by atoms with Crippen LogP contribution in [-0.4, -0.2) is 34.0 Å². The molecule has 0 aliphatic carbocycles. The first-order valence-electron chi connectivity index (χ1n) is 12.7. The minimum Gasteiger partial charge on any atom is -0.319 e. The zero-order chi connectivity index (χ0) is 34.9. The number of alkyl halides is 6. The second-order valence-electron chi connectivity index (χ2n) is 9.66. The van der Waals surface area contributed by atoms with Gasteiger partial charge in [-0.25, -0.2) is 8.78 Å². The number of nitro groups is 2. The van der Waals surface area contributed by atoms with Crippen molar-refractivity contribution >= 4 is 34.6 Å². The number of nitro benzene ring substituents is 2. The lowest BCUT2D eigenvalue weighted by Crippen LogP contribution is -2.54. The maximum Gasteiger partial charge on any atom is 0.411 e. The fraction of sp³-hybridized carbons (Fsp3) is 0.103. The Kier molecular flexibility index (Phi) is 8.99. The van der Waals surface area contributed by atoms with Crippen molar-refractivity contribution in [3.05, 3.63) is 139 Å². The summed E-state index contributed by atoms with van der Waals surface area (Å²) in [7, 11) is 0. The number of hydrogen-bond acceptors (Lipinski definition) is 6. The summed E-state index contributed by atoms with van der Waals surface area (Å²) >= 11 is 0. The maximum atomic E-state index is 14.8. The molecular weight excluding hydrogens is 652 g/mol. The van der Waals surface area contributed by atoms with Crippen molar-refractivity contribution in [2.45, 2.75) is 17.8 Å². The summed E-state index contributed by atoms with van der Waals surface area (Å²) in [4.78, 5) is 45.6. The number of benzene rings is 4. The van der Waals surface area contributed by atoms with Crippen molar-refractivity contribution in [1.29, 1.82) is 0 Å². The average molecular weight is 668 g/mol. The third-order valence-corrected chi connectivity index (χ3v) is 6.78. The first-order chi connectivity index (χ1) is 21.9. The molecular formula is C29H16F8N4O6. The molecule has 4 aromatic rings. The van der Waals surface area contributed by atoms with E-state index in [9.17, 15) is 64.9 Å². The van der Waals surface area contributed by atoms with Crippen LogP contribution in [0.15, 0.2) is 84.9 Å². The highest BCUT2D eigenvalue weighted by molar-refractivity contribution is 6.05. The van der Waals surface area contributed by atoms with Gasteiger partial charge in [-0.1, -0.05) is 24.3 Å². The largest absolute Gasteiger partial charge is 0.411 e. The molecule has 2 N–H and O–H groups in total. The Morgan fingerprint density at radius 3 is 1.26 bits per heavy atom. The first kappa shape index (κ1) is 33.9. The van der Waals surface area contributed by atoms with E-state index in [-0.39, 0.29) is 36.4 Å². The van der Waals surface area contributed by atoms with E-state index < -0.39 is 96.1 Å². The van der Waals surface area contributed by atoms with Gasteiger partial charge in [0.2, 0.25) is 5.41 Å². The third kappa shape index (κ3) is 6.56. The molecule has 2 amide bonds. The first-order valence-corrected chi connectivity index (χ1v) is 12.7. The number of nitrogens with one attached hydrogen (secondary N) is 2. The lowest BCUT2D eigenvalue weighted by Gasteiger charge is -2.38. The highest BCUT2D eigenvalue weighted by Crippen LogP contribution is 2.57. The van der Waals surface area contributed by atoms with Gasteiger partial charge in [-0.05, 0) is 47.5 Å². The van der Waals surface area contributed by atoms with Crippen LogP contribution in [0.1, 0.15) is 31.8 Å². The Bertz CT molecular complexity index is 1780. The Hall–Kier alpha value is -5.94. The van der Waals surface area contributed by atoms with Crippen LogP contribution in [0.5, 0.6) is 0 Å². The quantitative estimate of drug-likeness (QED) is 0.112. The van der Waals surface area contributed by atoms with Crippen LogP contribution in [0.25, 0.3) is 0 Å². The Morgan fingerprint density at radius 1 is 0.574 bits per heavy atom. The van der Waals surface area contributed by atoms with Crippen molar-refractivity contribution in [3.8, 4) is 0 Å². The summed E-state index contributed by atoms with van der Waals surface area (Å²) in [5.74, 6) is -5.59. The molecule has 0 bridgehead atoms. The molecule has 0 heterocycles. The normalized spacial score (nSPS) is 11.9. The summed E-state index contributed by atoms with van der Waals surface area (Å²) in [5, 5.41) is 25.6. The molecule has 4 rings (SSSR count). The van der Waals surface area contributed by atoms with E-state index in [0.717, 1.165) is 48.5 Å². The minimum absolute atomic E-state index is 0.0519. The van der Waals surface area contributed by atoms with E-state index in [1.54, 1.807) is 10.6 Å². The molecule has 10 nitrogen and oxygen atoms in total. The fourth-order valence-corrected chi connectivity index (χ4v) is 4.60. The fourth-order valence-electron chi connectivity index (χ4n) is 4.60. The molecule has 0 aliphatic heterocycles. The summed E-state index contributed by atoms with van der Waals surface area (Å²) in [6, 6.07) is 8.39. The number of hydrogen-bond donors (Lipinski definition) is 2. The van der Waals surface area contributed by atoms with Gasteiger partial charge in [-0.2, -0.15) is 26.3 Å². The Morgan fingerprint density at radius 2 is 0.936 bits per heavy atom. The molecule has 47 heavy (non-hydrogen) atoms. The van der Waals surface area contributed by atoms with E-state index in [2.05, 4.69) is 0 Å². The van der Waals surface area contributed by atoms with E-state index in [1.165, 1.54) is 0 Å². The number of carbonyl (C=O) groups excluding carboxylic acids is 2. The van der Waals surface area contributed by atoms with Gasteiger partial charge in [0, 0.05) is 35.4 Å². The molecule has 0 saturated heterocycles. The maximum absolute atomic E-state index is 14.8. The van der Waals surface area contributed by atoms with E-state index in [1.807, 2.05) is 0 Å². The molecule has 0 unspecified atom stereocenters. The Balaban J connectivity index is 1.84. The van der Waals surface area contributed by atoms with Gasteiger partial charge < -0.3 is 10.6 Å². The van der Waals surface area contributed by atoms with Crippen molar-refractivity contribution < 1.29 is 54.6 Å². The highest BCUT2D eigenvalue weighted by atomic mass is 19.4. The second-order valence-corrected chi connectivity index (χ2v) is 9.66. The average Bonchev–Trinajstić information content (AvgIpc) is 2.99. The van der Waals surface area contributed by atoms with Crippen LogP contribution >= 0.6 is 0 Å². The zero-order valence-electron chi connectivity index (χ0n) is 23.0. The van der Waals surface area contributed by atoms with Crippen LogP contribution < -0.4 is 10.6 Å². The number of carbonyl (C=O) groups is 2. The van der Waals surface area contributed by atoms with Gasteiger partial charge >= 0.3 is 12.4 Å². The van der Waals surface area contributed by atoms with Crippen molar-refractivity contribution in [1.82, 2.24) is 0 Å². The molecule has 0 spiro atoms. The monoisotopic (exact) mass is 668 g/mol. The van der Waals surface area contributed by atoms with Gasteiger partial charge in [-0.15, -0.1) is 0 Å². The molecule has 0 saturated carbocycles. The Labute approximate surface area is 256 Å². The van der Waals surface area contributed by atoms with Crippen LogP contribution in [0.4, 0.5) is 57.9 Å². The van der Waals surface area contributed by atoms with E-state index in [4.69, 9.17) is 0 Å². The molecule has 4 aromatic carbocycles. The topological polar surface area (TPSA) is 144 Å². The molecule has 0 aromatic heterocycles. The molecule has 0 atom stereocenters. The number of rotatable bonds is 8. The van der Waals surface area contributed by atoms with Gasteiger partial charge in [0.15, 0.2) is 0 Å². The zero-order valence-corrected chi connectivity index (χ0v) is 23.0. The van der Waals surface area contributed by atoms with Crippen molar-refractivity contribution in [2.75, 3.05) is 10.6 Å². The highest BCUT2D eigenvalue weighted by Gasteiger charge is 2.72. The minimum atomic E-state index is -6.27. The number of anilines is 2. The molecule has 18 heteroatoms. The van der Waals surface area contributed by atoms with Crippen LogP contribution in [0, 0.1) is 31.9 Å². The summed E-state index contributed by atoms with van der Waals surface area (Å²) in [6.45, 7) is 0. The van der Waals surface area contributed by atoms with Crippen LogP contribution in [-0.2, 0) is 5.41 Å². The lowest BCUT2D eigenvalue weighted by molar-refractivity contribution is -0.385. The lowest BCUT2D eigenvalue weighted by atomic mass is 9.72. The van der Waals surface area contributed by atoms with Gasteiger partial charge in [0.1, 0.15) is 11.6 Å². The standard InChI is InChI=1S/C29H16F8N4O6/c30-21-9-7-17(13-23(21)38-25(42)15-3-1-5-19(11-15)40(44)45)27(28(32,33)34,29(35,36)37)18-8-10-22(31)24(14-18)39-26(43)16-4-2-6-20(12-16)41(46)47/h1-14H,(H,38,42)(H,39,43). The SMILES string of the molecule is O=C(Nc1cc(C(c2ccc(F)c(NC(=O)c3cccc([N+](=O)[O-])c3)c2)(C(F)(F)F)C(F)(F)F)ccc1F)c1cccc([N+](=O)[O-])c1. The van der Waals surface area contributed by atoms with Gasteiger partial charge in [-0.3, -0.25) is 29.8 Å². The summed E-state index contributed by atoms with van der Waals surface area (Å²) in [5.41, 5.74) is -12.9. The molecule has 0 radical (unpaired) electrons. The van der Waals surface area contributed by atoms with E-state index in [0.29, 0.717) is 0 Å².